The van der Waals surface area contributed by atoms with Crippen molar-refractivity contribution < 1.29 is 14.2 Å². The number of aromatic nitrogens is 4. The fraction of sp³-hybridized carbons (Fsp3) is 0.190. The second-order valence-corrected chi connectivity index (χ2v) is 6.30. The largest absolute Gasteiger partial charge is 0.493 e. The van der Waals surface area contributed by atoms with E-state index in [2.05, 4.69) is 25.6 Å². The minimum atomic E-state index is 0.526. The van der Waals surface area contributed by atoms with Crippen LogP contribution in [0.15, 0.2) is 48.8 Å². The second-order valence-electron chi connectivity index (χ2n) is 6.30. The van der Waals surface area contributed by atoms with E-state index in [1.165, 1.54) is 0 Å². The summed E-state index contributed by atoms with van der Waals surface area (Å²) in [5.74, 6) is 3.64. The van der Waals surface area contributed by atoms with E-state index in [0.29, 0.717) is 34.8 Å². The lowest BCUT2D eigenvalue weighted by Crippen LogP contribution is -2.04. The fourth-order valence-corrected chi connectivity index (χ4v) is 3.24. The zero-order valence-corrected chi connectivity index (χ0v) is 17.1. The number of nitrogens with one attached hydrogen (secondary N) is 2. The molecule has 154 valence electrons. The van der Waals surface area contributed by atoms with E-state index in [4.69, 9.17) is 14.2 Å². The van der Waals surface area contributed by atoms with Gasteiger partial charge in [0.05, 0.1) is 38.7 Å². The van der Waals surface area contributed by atoms with Crippen molar-refractivity contribution in [3.8, 4) is 22.9 Å². The van der Waals surface area contributed by atoms with Gasteiger partial charge in [0.1, 0.15) is 17.2 Å². The van der Waals surface area contributed by atoms with E-state index >= 15 is 0 Å². The van der Waals surface area contributed by atoms with Gasteiger partial charge < -0.3 is 24.8 Å². The number of rotatable bonds is 7. The van der Waals surface area contributed by atoms with Crippen LogP contribution >= 0.6 is 0 Å². The summed E-state index contributed by atoms with van der Waals surface area (Å²) in [6.07, 6.45) is 3.44. The molecule has 0 radical (unpaired) electrons. The van der Waals surface area contributed by atoms with Gasteiger partial charge in [-0.05, 0) is 12.1 Å². The summed E-state index contributed by atoms with van der Waals surface area (Å²) >= 11 is 0. The van der Waals surface area contributed by atoms with Crippen molar-refractivity contribution in [3.05, 3.63) is 48.8 Å². The highest BCUT2D eigenvalue weighted by atomic mass is 16.5. The average Bonchev–Trinajstić information content (AvgIpc) is 3.16. The lowest BCUT2D eigenvalue weighted by molar-refractivity contribution is 0.324. The van der Waals surface area contributed by atoms with Gasteiger partial charge >= 0.3 is 0 Å². The van der Waals surface area contributed by atoms with Crippen LogP contribution in [0.25, 0.3) is 16.7 Å². The van der Waals surface area contributed by atoms with Crippen LogP contribution in [0.1, 0.15) is 0 Å². The Morgan fingerprint density at radius 3 is 2.27 bits per heavy atom. The SMILES string of the molecule is CNc1nc2cnc(Nc3ccccn3)cc2n1-c1cc(OC)c(OC)c(OC)c1. The molecule has 0 unspecified atom stereocenters. The van der Waals surface area contributed by atoms with Gasteiger partial charge in [0.25, 0.3) is 0 Å². The predicted molar refractivity (Wildman–Crippen MR) is 116 cm³/mol. The summed E-state index contributed by atoms with van der Waals surface area (Å²) in [4.78, 5) is 13.4. The number of nitrogens with zero attached hydrogens (tertiary/aromatic N) is 4. The van der Waals surface area contributed by atoms with Crippen LogP contribution in [0.3, 0.4) is 0 Å². The van der Waals surface area contributed by atoms with Gasteiger partial charge in [-0.15, -0.1) is 0 Å². The Hall–Kier alpha value is -4.01. The summed E-state index contributed by atoms with van der Waals surface area (Å²) in [6, 6.07) is 11.3. The molecule has 0 aliphatic carbocycles. The molecular formula is C21H22N6O3. The quantitative estimate of drug-likeness (QED) is 0.480. The summed E-state index contributed by atoms with van der Waals surface area (Å²) in [6.45, 7) is 0. The molecule has 30 heavy (non-hydrogen) atoms. The van der Waals surface area contributed by atoms with E-state index < -0.39 is 0 Å². The van der Waals surface area contributed by atoms with E-state index in [0.717, 1.165) is 16.7 Å². The molecule has 2 N–H and O–H groups in total. The minimum Gasteiger partial charge on any atom is -0.493 e. The van der Waals surface area contributed by atoms with Crippen LogP contribution in [0.4, 0.5) is 17.6 Å². The van der Waals surface area contributed by atoms with Gasteiger partial charge in [0.15, 0.2) is 11.5 Å². The van der Waals surface area contributed by atoms with Crippen LogP contribution < -0.4 is 24.8 Å². The molecule has 4 aromatic rings. The number of methoxy groups -OCH3 is 3. The third-order valence-electron chi connectivity index (χ3n) is 4.59. The zero-order valence-electron chi connectivity index (χ0n) is 17.1. The van der Waals surface area contributed by atoms with Crippen molar-refractivity contribution in [3.63, 3.8) is 0 Å². The van der Waals surface area contributed by atoms with Crippen LogP contribution in [-0.2, 0) is 0 Å². The van der Waals surface area contributed by atoms with Crippen molar-refractivity contribution in [2.24, 2.45) is 0 Å². The Bertz CT molecular complexity index is 1150. The second kappa shape index (κ2) is 8.16. The highest BCUT2D eigenvalue weighted by molar-refractivity contribution is 5.84. The van der Waals surface area contributed by atoms with Crippen molar-refractivity contribution in [1.82, 2.24) is 19.5 Å². The van der Waals surface area contributed by atoms with E-state index in [1.807, 2.05) is 48.0 Å². The maximum absolute atomic E-state index is 5.51. The number of hydrogen-bond acceptors (Lipinski definition) is 8. The number of hydrogen-bond donors (Lipinski definition) is 2. The Labute approximate surface area is 173 Å². The van der Waals surface area contributed by atoms with Crippen LogP contribution in [0.5, 0.6) is 17.2 Å². The molecule has 0 saturated heterocycles. The lowest BCUT2D eigenvalue weighted by atomic mass is 10.2. The molecule has 9 nitrogen and oxygen atoms in total. The molecule has 3 aromatic heterocycles. The van der Waals surface area contributed by atoms with Gasteiger partial charge in [-0.25, -0.2) is 15.0 Å². The monoisotopic (exact) mass is 406 g/mol. The highest BCUT2D eigenvalue weighted by Gasteiger charge is 2.18. The third-order valence-corrected chi connectivity index (χ3v) is 4.59. The molecule has 0 bridgehead atoms. The molecule has 9 heteroatoms. The Balaban J connectivity index is 1.88. The third kappa shape index (κ3) is 3.41. The predicted octanol–water partition coefficient (Wildman–Crippen LogP) is 3.63. The van der Waals surface area contributed by atoms with Gasteiger partial charge in [0.2, 0.25) is 11.7 Å². The number of imidazole rings is 1. The molecule has 3 heterocycles. The molecule has 0 saturated carbocycles. The van der Waals surface area contributed by atoms with E-state index in [9.17, 15) is 0 Å². The van der Waals surface area contributed by atoms with Crippen molar-refractivity contribution in [1.29, 1.82) is 0 Å². The van der Waals surface area contributed by atoms with Crippen LogP contribution in [-0.4, -0.2) is 47.9 Å². The van der Waals surface area contributed by atoms with Crippen LogP contribution in [0.2, 0.25) is 0 Å². The number of benzene rings is 1. The Morgan fingerprint density at radius 2 is 1.67 bits per heavy atom. The summed E-state index contributed by atoms with van der Waals surface area (Å²) < 4.78 is 18.4. The van der Waals surface area contributed by atoms with E-state index in [-0.39, 0.29) is 0 Å². The summed E-state index contributed by atoms with van der Waals surface area (Å²) in [5.41, 5.74) is 2.38. The Morgan fingerprint density at radius 1 is 0.900 bits per heavy atom. The molecule has 1 aromatic carbocycles. The number of anilines is 3. The van der Waals surface area contributed by atoms with Gasteiger partial charge in [-0.1, -0.05) is 6.07 Å². The lowest BCUT2D eigenvalue weighted by Gasteiger charge is -2.16. The topological polar surface area (TPSA) is 95.4 Å². The van der Waals surface area contributed by atoms with Crippen molar-refractivity contribution in [2.75, 3.05) is 39.0 Å². The summed E-state index contributed by atoms with van der Waals surface area (Å²) in [7, 11) is 6.57. The normalized spacial score (nSPS) is 10.7. The van der Waals surface area contributed by atoms with Gasteiger partial charge in [0, 0.05) is 31.4 Å². The van der Waals surface area contributed by atoms with Crippen LogP contribution in [0, 0.1) is 0 Å². The molecule has 0 atom stereocenters. The smallest absolute Gasteiger partial charge is 0.208 e. The van der Waals surface area contributed by atoms with Crippen molar-refractivity contribution in [2.45, 2.75) is 0 Å². The Kier molecular flexibility index (Phi) is 5.25. The molecule has 0 fully saturated rings. The first-order valence-electron chi connectivity index (χ1n) is 9.23. The summed E-state index contributed by atoms with van der Waals surface area (Å²) in [5, 5.41) is 6.35. The highest BCUT2D eigenvalue weighted by Crippen LogP contribution is 2.40. The standard InChI is InChI=1S/C21H22N6O3/c1-22-21-25-14-12-24-19(26-18-7-5-6-8-23-18)11-15(14)27(21)13-9-16(28-2)20(30-4)17(10-13)29-3/h5-12H,1-4H3,(H,22,25)(H,23,24,26). The minimum absolute atomic E-state index is 0.526. The molecule has 0 amide bonds. The molecule has 0 aliphatic heterocycles. The maximum atomic E-state index is 5.51. The fourth-order valence-electron chi connectivity index (χ4n) is 3.24. The van der Waals surface area contributed by atoms with Crippen molar-refractivity contribution >= 4 is 28.6 Å². The zero-order chi connectivity index (χ0) is 21.1. The van der Waals surface area contributed by atoms with Gasteiger partial charge in [-0.2, -0.15) is 0 Å². The molecule has 0 spiro atoms. The first kappa shape index (κ1) is 19.3. The molecule has 4 rings (SSSR count). The van der Waals surface area contributed by atoms with E-state index in [1.54, 1.807) is 33.7 Å². The average molecular weight is 406 g/mol. The number of ether oxygens (including phenoxy) is 3. The molecular weight excluding hydrogens is 384 g/mol. The number of pyridine rings is 2. The maximum Gasteiger partial charge on any atom is 0.208 e. The first-order valence-corrected chi connectivity index (χ1v) is 9.23. The first-order chi connectivity index (χ1) is 14.7. The number of fused-ring (bicyclic) bond motifs is 1. The van der Waals surface area contributed by atoms with Gasteiger partial charge in [-0.3, -0.25) is 4.57 Å². The molecule has 0 aliphatic rings.